The fourth-order valence-electron chi connectivity index (χ4n) is 4.67. The Morgan fingerprint density at radius 2 is 0.647 bits per heavy atom. The number of benzene rings is 5. The molecule has 1 aromatic heterocycles. The van der Waals surface area contributed by atoms with E-state index in [9.17, 15) is 0 Å². The zero-order valence-corrected chi connectivity index (χ0v) is 18.6. The van der Waals surface area contributed by atoms with Gasteiger partial charge in [0.1, 0.15) is 0 Å². The van der Waals surface area contributed by atoms with Gasteiger partial charge in [-0.05, 0) is 33.4 Å². The van der Waals surface area contributed by atoms with Gasteiger partial charge >= 0.3 is 0 Å². The van der Waals surface area contributed by atoms with Gasteiger partial charge in [0.2, 0.25) is 0 Å². The number of fused-ring (bicyclic) bond motifs is 1. The summed E-state index contributed by atoms with van der Waals surface area (Å²) >= 11 is 0. The van der Waals surface area contributed by atoms with E-state index in [1.807, 2.05) is 12.1 Å². The van der Waals surface area contributed by atoms with Crippen LogP contribution in [0.3, 0.4) is 0 Å². The van der Waals surface area contributed by atoms with E-state index in [1.165, 1.54) is 22.3 Å². The third kappa shape index (κ3) is 3.56. The van der Waals surface area contributed by atoms with Crippen LogP contribution < -0.4 is 0 Å². The highest BCUT2D eigenvalue weighted by molar-refractivity contribution is 6.04. The molecule has 0 spiro atoms. The van der Waals surface area contributed by atoms with Crippen LogP contribution in [-0.4, -0.2) is 9.97 Å². The predicted molar refractivity (Wildman–Crippen MR) is 141 cm³/mol. The van der Waals surface area contributed by atoms with Gasteiger partial charge in [-0.2, -0.15) is 0 Å². The lowest BCUT2D eigenvalue weighted by Crippen LogP contribution is -1.94. The topological polar surface area (TPSA) is 25.8 Å². The minimum absolute atomic E-state index is 0.909. The molecule has 6 aromatic rings. The van der Waals surface area contributed by atoms with E-state index in [-0.39, 0.29) is 0 Å². The lowest BCUT2D eigenvalue weighted by Gasteiger charge is -2.15. The number of hydrogen-bond acceptors (Lipinski definition) is 2. The van der Waals surface area contributed by atoms with Crippen molar-refractivity contribution in [3.05, 3.63) is 134 Å². The molecule has 0 aliphatic heterocycles. The molecule has 1 heterocycles. The van der Waals surface area contributed by atoms with Crippen LogP contribution >= 0.6 is 0 Å². The van der Waals surface area contributed by atoms with E-state index in [0.29, 0.717) is 0 Å². The van der Waals surface area contributed by atoms with Gasteiger partial charge in [-0.15, -0.1) is 0 Å². The summed E-state index contributed by atoms with van der Waals surface area (Å²) in [5.41, 5.74) is 11.1. The third-order valence-electron chi connectivity index (χ3n) is 6.23. The minimum atomic E-state index is 0.909. The molecule has 160 valence electrons. The summed E-state index contributed by atoms with van der Waals surface area (Å²) in [5, 5.41) is 0. The molecular formula is C32H22N2. The van der Waals surface area contributed by atoms with E-state index in [1.54, 1.807) is 12.4 Å². The molecule has 0 atom stereocenters. The average Bonchev–Trinajstić information content (AvgIpc) is 2.93. The van der Waals surface area contributed by atoms with Crippen molar-refractivity contribution >= 4 is 11.0 Å². The number of nitrogens with zero attached hydrogens (tertiary/aromatic N) is 2. The summed E-state index contributed by atoms with van der Waals surface area (Å²) in [6, 6.07) is 42.4. The maximum absolute atomic E-state index is 4.82. The van der Waals surface area contributed by atoms with Gasteiger partial charge in [0.25, 0.3) is 0 Å². The van der Waals surface area contributed by atoms with Crippen molar-refractivity contribution in [2.24, 2.45) is 0 Å². The maximum atomic E-state index is 4.82. The van der Waals surface area contributed by atoms with Crippen LogP contribution in [0.1, 0.15) is 0 Å². The first kappa shape index (κ1) is 20.1. The monoisotopic (exact) mass is 434 g/mol. The smallest absolute Gasteiger partial charge is 0.0971 e. The maximum Gasteiger partial charge on any atom is 0.0971 e. The predicted octanol–water partition coefficient (Wildman–Crippen LogP) is 8.30. The molecule has 0 radical (unpaired) electrons. The fourth-order valence-corrected chi connectivity index (χ4v) is 4.67. The fraction of sp³-hybridized carbons (Fsp3) is 0. The summed E-state index contributed by atoms with van der Waals surface area (Å²) in [6.07, 6.45) is 3.56. The number of hydrogen-bond donors (Lipinski definition) is 0. The van der Waals surface area contributed by atoms with Gasteiger partial charge in [0.05, 0.1) is 11.0 Å². The largest absolute Gasteiger partial charge is 0.252 e. The standard InChI is InChI=1S/C32H22N2/c1-3-11-23(12-4-1)25-15-7-9-17-27(25)29-19-20-30(32-31(29)33-21-22-34-32)28-18-10-8-16-26(28)24-13-5-2-6-14-24/h1-22H. The Hall–Kier alpha value is -4.56. The molecule has 34 heavy (non-hydrogen) atoms. The molecule has 0 aliphatic carbocycles. The summed E-state index contributed by atoms with van der Waals surface area (Å²) < 4.78 is 0. The van der Waals surface area contributed by atoms with Crippen molar-refractivity contribution in [2.45, 2.75) is 0 Å². The molecule has 0 amide bonds. The van der Waals surface area contributed by atoms with Crippen molar-refractivity contribution < 1.29 is 0 Å². The normalized spacial score (nSPS) is 10.9. The molecule has 0 saturated carbocycles. The first-order chi connectivity index (χ1) is 16.9. The van der Waals surface area contributed by atoms with Crippen molar-refractivity contribution in [1.82, 2.24) is 9.97 Å². The van der Waals surface area contributed by atoms with E-state index in [4.69, 9.17) is 9.97 Å². The molecule has 2 nitrogen and oxygen atoms in total. The van der Waals surface area contributed by atoms with Crippen LogP contribution in [0.25, 0.3) is 55.5 Å². The summed E-state index contributed by atoms with van der Waals surface area (Å²) in [5.74, 6) is 0. The highest BCUT2D eigenvalue weighted by Gasteiger charge is 2.16. The van der Waals surface area contributed by atoms with Gasteiger partial charge in [-0.1, -0.05) is 121 Å². The van der Waals surface area contributed by atoms with Gasteiger partial charge in [0, 0.05) is 23.5 Å². The molecular weight excluding hydrogens is 412 g/mol. The molecule has 0 saturated heterocycles. The molecule has 6 rings (SSSR count). The first-order valence-corrected chi connectivity index (χ1v) is 11.4. The second-order valence-corrected chi connectivity index (χ2v) is 8.24. The van der Waals surface area contributed by atoms with Crippen LogP contribution in [0.2, 0.25) is 0 Å². The summed E-state index contributed by atoms with van der Waals surface area (Å²) in [7, 11) is 0. The third-order valence-corrected chi connectivity index (χ3v) is 6.23. The van der Waals surface area contributed by atoms with Gasteiger partial charge in [-0.3, -0.25) is 9.97 Å². The van der Waals surface area contributed by atoms with Crippen LogP contribution in [0, 0.1) is 0 Å². The van der Waals surface area contributed by atoms with Crippen LogP contribution in [0.5, 0.6) is 0 Å². The summed E-state index contributed by atoms with van der Waals surface area (Å²) in [4.78, 5) is 9.64. The number of aromatic nitrogens is 2. The molecule has 0 fully saturated rings. The Kier molecular flexibility index (Phi) is 5.17. The Morgan fingerprint density at radius 1 is 0.294 bits per heavy atom. The quantitative estimate of drug-likeness (QED) is 0.279. The minimum Gasteiger partial charge on any atom is -0.252 e. The zero-order chi connectivity index (χ0) is 22.7. The van der Waals surface area contributed by atoms with Gasteiger partial charge in [-0.25, -0.2) is 0 Å². The Balaban J connectivity index is 1.59. The van der Waals surface area contributed by atoms with E-state index in [2.05, 4.69) is 109 Å². The van der Waals surface area contributed by atoms with Crippen LogP contribution in [0.15, 0.2) is 134 Å². The Bertz CT molecular complexity index is 1470. The van der Waals surface area contributed by atoms with Crippen molar-refractivity contribution in [1.29, 1.82) is 0 Å². The highest BCUT2D eigenvalue weighted by Crippen LogP contribution is 2.40. The number of rotatable bonds is 4. The molecule has 0 unspecified atom stereocenters. The molecule has 0 aliphatic rings. The lowest BCUT2D eigenvalue weighted by atomic mass is 9.90. The molecule has 5 aromatic carbocycles. The van der Waals surface area contributed by atoms with E-state index < -0.39 is 0 Å². The lowest BCUT2D eigenvalue weighted by molar-refractivity contribution is 1.29. The SMILES string of the molecule is c1ccc(-c2ccccc2-c2ccc(-c3ccccc3-c3ccccc3)c3nccnc23)cc1. The van der Waals surface area contributed by atoms with Crippen LogP contribution in [0.4, 0.5) is 0 Å². The van der Waals surface area contributed by atoms with Crippen molar-refractivity contribution in [3.63, 3.8) is 0 Å². The van der Waals surface area contributed by atoms with Crippen molar-refractivity contribution in [2.75, 3.05) is 0 Å². The second kappa shape index (κ2) is 8.76. The molecule has 2 heteroatoms. The van der Waals surface area contributed by atoms with Crippen LogP contribution in [-0.2, 0) is 0 Å². The average molecular weight is 435 g/mol. The van der Waals surface area contributed by atoms with E-state index in [0.717, 1.165) is 33.3 Å². The van der Waals surface area contributed by atoms with Crippen molar-refractivity contribution in [3.8, 4) is 44.5 Å². The second-order valence-electron chi connectivity index (χ2n) is 8.24. The Morgan fingerprint density at radius 3 is 1.06 bits per heavy atom. The van der Waals surface area contributed by atoms with Gasteiger partial charge in [0.15, 0.2) is 0 Å². The molecule has 0 bridgehead atoms. The highest BCUT2D eigenvalue weighted by atomic mass is 14.8. The van der Waals surface area contributed by atoms with E-state index >= 15 is 0 Å². The zero-order valence-electron chi connectivity index (χ0n) is 18.6. The van der Waals surface area contributed by atoms with Gasteiger partial charge < -0.3 is 0 Å². The first-order valence-electron chi connectivity index (χ1n) is 11.4. The Labute approximate surface area is 199 Å². The molecule has 0 N–H and O–H groups in total. The summed E-state index contributed by atoms with van der Waals surface area (Å²) in [6.45, 7) is 0.